The Hall–Kier alpha value is -2.54. The Kier molecular flexibility index (Phi) is 4.84. The van der Waals surface area contributed by atoms with E-state index in [-0.39, 0.29) is 5.41 Å². The molecule has 0 amide bonds. The Balaban J connectivity index is 0.000000224. The number of nitrogens with zero attached hydrogens (tertiary/aromatic N) is 2. The van der Waals surface area contributed by atoms with Gasteiger partial charge in [0.1, 0.15) is 5.75 Å². The molecule has 3 rings (SSSR count). The Bertz CT molecular complexity index is 672. The van der Waals surface area contributed by atoms with Crippen LogP contribution in [0.4, 0.5) is 5.69 Å². The van der Waals surface area contributed by atoms with E-state index in [2.05, 4.69) is 30.8 Å². The first-order valence-electron chi connectivity index (χ1n) is 7.57. The van der Waals surface area contributed by atoms with Crippen molar-refractivity contribution < 1.29 is 24.9 Å². The molecule has 0 saturated carbocycles. The van der Waals surface area contributed by atoms with Crippen LogP contribution in [0.5, 0.6) is 5.75 Å². The maximum absolute atomic E-state index is 9.65. The van der Waals surface area contributed by atoms with Gasteiger partial charge in [-0.3, -0.25) is 4.90 Å². The van der Waals surface area contributed by atoms with Crippen LogP contribution in [0.25, 0.3) is 0 Å². The van der Waals surface area contributed by atoms with Crippen LogP contribution < -0.4 is 4.90 Å². The molecule has 24 heavy (non-hydrogen) atoms. The molecule has 3 N–H and O–H groups in total. The number of likely N-dealkylation sites (tertiary alicyclic amines) is 1. The normalized spacial score (nSPS) is 25.1. The highest BCUT2D eigenvalue weighted by atomic mass is 16.4. The maximum Gasteiger partial charge on any atom is 0.328 e. The zero-order valence-electron chi connectivity index (χ0n) is 13.9. The summed E-state index contributed by atoms with van der Waals surface area (Å²) in [6.07, 6.45) is 2.71. The molecule has 1 aromatic rings. The summed E-state index contributed by atoms with van der Waals surface area (Å²) in [5, 5.41) is 25.3. The average molecular weight is 334 g/mol. The zero-order valence-corrected chi connectivity index (χ0v) is 13.9. The minimum Gasteiger partial charge on any atom is -0.508 e. The topological polar surface area (TPSA) is 101 Å². The van der Waals surface area contributed by atoms with Crippen molar-refractivity contribution in [2.24, 2.45) is 0 Å². The molecule has 0 bridgehead atoms. The number of phenols is 1. The van der Waals surface area contributed by atoms with Crippen LogP contribution in [-0.2, 0) is 15.0 Å². The van der Waals surface area contributed by atoms with Crippen molar-refractivity contribution >= 4 is 17.6 Å². The smallest absolute Gasteiger partial charge is 0.328 e. The highest BCUT2D eigenvalue weighted by Gasteiger charge is 2.52. The second-order valence-electron chi connectivity index (χ2n) is 6.34. The molecule has 2 aliphatic rings. The lowest BCUT2D eigenvalue weighted by Crippen LogP contribution is -2.45. The van der Waals surface area contributed by atoms with E-state index in [9.17, 15) is 14.7 Å². The molecule has 0 radical (unpaired) electrons. The van der Waals surface area contributed by atoms with Crippen LogP contribution in [-0.4, -0.2) is 59.0 Å². The van der Waals surface area contributed by atoms with Crippen LogP contribution in [0.15, 0.2) is 30.4 Å². The number of carboxylic acids is 2. The lowest BCUT2D eigenvalue weighted by Gasteiger charge is -2.32. The van der Waals surface area contributed by atoms with E-state index < -0.39 is 11.9 Å². The van der Waals surface area contributed by atoms with Gasteiger partial charge in [0.2, 0.25) is 0 Å². The minimum atomic E-state index is -1.26. The average Bonchev–Trinajstić information content (AvgIpc) is 2.92. The Morgan fingerprint density at radius 3 is 2.33 bits per heavy atom. The summed E-state index contributed by atoms with van der Waals surface area (Å²) >= 11 is 0. The molecule has 1 unspecified atom stereocenters. The van der Waals surface area contributed by atoms with Gasteiger partial charge in [0.15, 0.2) is 0 Å². The molecule has 2 atom stereocenters. The van der Waals surface area contributed by atoms with E-state index in [1.165, 1.54) is 11.3 Å². The van der Waals surface area contributed by atoms with Crippen LogP contribution in [0.3, 0.4) is 0 Å². The van der Waals surface area contributed by atoms with Gasteiger partial charge in [-0.15, -0.1) is 0 Å². The molecular formula is C17H22N2O5. The first-order chi connectivity index (χ1) is 11.2. The molecule has 0 spiro atoms. The Labute approximate surface area is 140 Å². The highest BCUT2D eigenvalue weighted by Crippen LogP contribution is 2.51. The quantitative estimate of drug-likeness (QED) is 0.704. The molecule has 0 aliphatic carbocycles. The standard InChI is InChI=1S/C13H18N2O.C4H4O4/c1-13-6-7-14(2)12(13)15(3)11-5-4-9(16)8-10(11)13;5-3(6)1-2-4(7)8/h4-5,8,12,16H,6-7H2,1-3H3;1-2H,(H,5,6)(H,7,8)/b;2-1+/t12?,13-;/m1./s1. The Morgan fingerprint density at radius 1 is 1.21 bits per heavy atom. The summed E-state index contributed by atoms with van der Waals surface area (Å²) in [4.78, 5) is 23.8. The number of hydrogen-bond donors (Lipinski definition) is 3. The van der Waals surface area contributed by atoms with Crippen molar-refractivity contribution in [3.05, 3.63) is 35.9 Å². The summed E-state index contributed by atoms with van der Waals surface area (Å²) in [6.45, 7) is 3.43. The number of aromatic hydroxyl groups is 1. The third-order valence-electron chi connectivity index (χ3n) is 4.68. The largest absolute Gasteiger partial charge is 0.508 e. The fourth-order valence-corrected chi connectivity index (χ4v) is 3.71. The summed E-state index contributed by atoms with van der Waals surface area (Å²) in [5.41, 5.74) is 2.72. The fraction of sp³-hybridized carbons (Fsp3) is 0.412. The van der Waals surface area contributed by atoms with E-state index in [1.54, 1.807) is 6.07 Å². The fourth-order valence-electron chi connectivity index (χ4n) is 3.71. The van der Waals surface area contributed by atoms with Gasteiger partial charge >= 0.3 is 11.9 Å². The molecule has 7 nitrogen and oxygen atoms in total. The summed E-state index contributed by atoms with van der Waals surface area (Å²) in [7, 11) is 4.33. The lowest BCUT2D eigenvalue weighted by atomic mass is 9.81. The van der Waals surface area contributed by atoms with Gasteiger partial charge in [-0.2, -0.15) is 0 Å². The van der Waals surface area contributed by atoms with E-state index in [4.69, 9.17) is 10.2 Å². The number of anilines is 1. The molecule has 1 fully saturated rings. The van der Waals surface area contributed by atoms with Crippen molar-refractivity contribution in [1.82, 2.24) is 4.90 Å². The minimum absolute atomic E-state index is 0.164. The molecular weight excluding hydrogens is 312 g/mol. The van der Waals surface area contributed by atoms with Crippen LogP contribution >= 0.6 is 0 Å². The van der Waals surface area contributed by atoms with E-state index >= 15 is 0 Å². The summed E-state index contributed by atoms with van der Waals surface area (Å²) in [5.74, 6) is -2.14. The second-order valence-corrected chi connectivity index (χ2v) is 6.34. The molecule has 2 heterocycles. The van der Waals surface area contributed by atoms with Crippen LogP contribution in [0, 0.1) is 0 Å². The van der Waals surface area contributed by atoms with Crippen molar-refractivity contribution in [2.75, 3.05) is 25.5 Å². The molecule has 1 aromatic carbocycles. The number of carbonyl (C=O) groups is 2. The van der Waals surface area contributed by atoms with Gasteiger partial charge in [0, 0.05) is 36.8 Å². The van der Waals surface area contributed by atoms with Crippen LogP contribution in [0.1, 0.15) is 18.9 Å². The molecule has 7 heteroatoms. The number of hydrogen-bond acceptors (Lipinski definition) is 5. The predicted octanol–water partition coefficient (Wildman–Crippen LogP) is 1.47. The van der Waals surface area contributed by atoms with Gasteiger partial charge < -0.3 is 20.2 Å². The van der Waals surface area contributed by atoms with Crippen molar-refractivity contribution in [3.63, 3.8) is 0 Å². The van der Waals surface area contributed by atoms with Crippen molar-refractivity contribution in [1.29, 1.82) is 0 Å². The Morgan fingerprint density at radius 2 is 1.79 bits per heavy atom. The number of rotatable bonds is 2. The number of aliphatic carboxylic acids is 2. The van der Waals surface area contributed by atoms with Crippen LogP contribution in [0.2, 0.25) is 0 Å². The van der Waals surface area contributed by atoms with E-state index in [0.717, 1.165) is 13.0 Å². The van der Waals surface area contributed by atoms with Gasteiger partial charge in [-0.1, -0.05) is 6.92 Å². The molecule has 0 aromatic heterocycles. The maximum atomic E-state index is 9.65. The third-order valence-corrected chi connectivity index (χ3v) is 4.68. The SMILES string of the molecule is CN1CC[C@]2(C)c3cc(O)ccc3N(C)C12.O=C(O)/C=C/C(=O)O. The van der Waals surface area contributed by atoms with Gasteiger partial charge in [0.25, 0.3) is 0 Å². The summed E-state index contributed by atoms with van der Waals surface area (Å²) < 4.78 is 0. The van der Waals surface area contributed by atoms with Gasteiger partial charge in [-0.05, 0) is 37.2 Å². The zero-order chi connectivity index (χ0) is 18.1. The number of likely N-dealkylation sites (N-methyl/N-ethyl adjacent to an activating group) is 2. The first kappa shape index (κ1) is 17.8. The van der Waals surface area contributed by atoms with E-state index in [0.29, 0.717) is 24.1 Å². The third kappa shape index (κ3) is 3.21. The molecule has 2 aliphatic heterocycles. The van der Waals surface area contributed by atoms with Gasteiger partial charge in [-0.25, -0.2) is 9.59 Å². The van der Waals surface area contributed by atoms with Crippen molar-refractivity contribution in [3.8, 4) is 5.75 Å². The van der Waals surface area contributed by atoms with Crippen molar-refractivity contribution in [2.45, 2.75) is 24.9 Å². The number of benzene rings is 1. The van der Waals surface area contributed by atoms with Gasteiger partial charge in [0.05, 0.1) is 6.17 Å². The number of carboxylic acid groups (broad SMARTS) is 2. The lowest BCUT2D eigenvalue weighted by molar-refractivity contribution is -0.134. The monoisotopic (exact) mass is 334 g/mol. The summed E-state index contributed by atoms with van der Waals surface area (Å²) in [6, 6.07) is 5.74. The first-order valence-corrected chi connectivity index (χ1v) is 7.57. The molecule has 1 saturated heterocycles. The van der Waals surface area contributed by atoms with E-state index in [1.807, 2.05) is 12.1 Å². The highest BCUT2D eigenvalue weighted by molar-refractivity contribution is 5.89. The predicted molar refractivity (Wildman–Crippen MR) is 89.3 cm³/mol. The molecule has 130 valence electrons. The number of fused-ring (bicyclic) bond motifs is 3. The number of phenolic OH excluding ortho intramolecular Hbond substituents is 1. The second kappa shape index (κ2) is 6.52.